The smallest absolute Gasteiger partial charge is 0.255 e. The van der Waals surface area contributed by atoms with Crippen molar-refractivity contribution < 1.29 is 9.90 Å². The summed E-state index contributed by atoms with van der Waals surface area (Å²) in [5, 5.41) is 12.1. The summed E-state index contributed by atoms with van der Waals surface area (Å²) in [5.41, 5.74) is 7.08. The van der Waals surface area contributed by atoms with Gasteiger partial charge in [-0.1, -0.05) is 34.2 Å². The number of amides is 1. The summed E-state index contributed by atoms with van der Waals surface area (Å²) in [6.07, 6.45) is 0. The molecule has 0 fully saturated rings. The van der Waals surface area contributed by atoms with Gasteiger partial charge in [0, 0.05) is 15.6 Å². The Bertz CT molecular complexity index is 689. The molecule has 0 aliphatic rings. The number of phenols is 1. The van der Waals surface area contributed by atoms with E-state index < -0.39 is 0 Å². The molecule has 0 atom stereocenters. The van der Waals surface area contributed by atoms with Gasteiger partial charge in [0.25, 0.3) is 5.91 Å². The number of hydrogen-bond donors (Lipinski definition) is 3. The molecule has 20 heavy (non-hydrogen) atoms. The first-order valence-electron chi connectivity index (χ1n) is 5.67. The molecule has 2 rings (SSSR count). The number of benzene rings is 2. The highest BCUT2D eigenvalue weighted by Crippen LogP contribution is 2.22. The first-order valence-corrected chi connectivity index (χ1v) is 6.87. The minimum atomic E-state index is -0.347. The molecule has 4 nitrogen and oxygen atoms in total. The number of nitrogens with one attached hydrogen (secondary N) is 1. The predicted octanol–water partition coefficient (Wildman–Crippen LogP) is 3.04. The predicted molar refractivity (Wildman–Crippen MR) is 86.1 cm³/mol. The molecule has 1 amide bonds. The zero-order valence-corrected chi connectivity index (χ0v) is 12.7. The van der Waals surface area contributed by atoms with Crippen LogP contribution in [0.5, 0.6) is 5.75 Å². The first kappa shape index (κ1) is 14.5. The molecule has 0 heterocycles. The van der Waals surface area contributed by atoms with Crippen LogP contribution in [0, 0.1) is 0 Å². The summed E-state index contributed by atoms with van der Waals surface area (Å²) in [7, 11) is 0. The van der Waals surface area contributed by atoms with Crippen molar-refractivity contribution in [1.82, 2.24) is 0 Å². The number of phenolic OH excluding ortho intramolecular Hbond substituents is 1. The Morgan fingerprint density at radius 2 is 2.00 bits per heavy atom. The molecule has 0 saturated heterocycles. The summed E-state index contributed by atoms with van der Waals surface area (Å²) in [6, 6.07) is 11.3. The van der Waals surface area contributed by atoms with Crippen LogP contribution in [0.3, 0.4) is 0 Å². The maximum atomic E-state index is 12.1. The van der Waals surface area contributed by atoms with Crippen molar-refractivity contribution in [3.05, 3.63) is 58.1 Å². The lowest BCUT2D eigenvalue weighted by Crippen LogP contribution is -2.17. The minimum Gasteiger partial charge on any atom is -0.508 e. The van der Waals surface area contributed by atoms with Crippen LogP contribution in [0.4, 0.5) is 5.69 Å². The first-order chi connectivity index (χ1) is 9.47. The van der Waals surface area contributed by atoms with Gasteiger partial charge in [0.1, 0.15) is 10.7 Å². The van der Waals surface area contributed by atoms with Crippen molar-refractivity contribution in [2.24, 2.45) is 5.73 Å². The van der Waals surface area contributed by atoms with Crippen LogP contribution in [0.1, 0.15) is 15.9 Å². The number of hydrogen-bond acceptors (Lipinski definition) is 3. The van der Waals surface area contributed by atoms with E-state index in [1.807, 2.05) is 0 Å². The zero-order valence-electron chi connectivity index (χ0n) is 10.3. The van der Waals surface area contributed by atoms with Gasteiger partial charge in [-0.3, -0.25) is 4.79 Å². The Morgan fingerprint density at radius 1 is 1.25 bits per heavy atom. The molecule has 4 N–H and O–H groups in total. The Balaban J connectivity index is 2.30. The van der Waals surface area contributed by atoms with Gasteiger partial charge in [-0.25, -0.2) is 0 Å². The monoisotopic (exact) mass is 350 g/mol. The van der Waals surface area contributed by atoms with Gasteiger partial charge in [0.2, 0.25) is 0 Å². The number of thiocarbonyl (C=S) groups is 1. The molecular weight excluding hydrogens is 340 g/mol. The largest absolute Gasteiger partial charge is 0.508 e. The Hall–Kier alpha value is -1.92. The number of rotatable bonds is 3. The van der Waals surface area contributed by atoms with Crippen molar-refractivity contribution in [2.75, 3.05) is 5.32 Å². The second kappa shape index (κ2) is 6.02. The standard InChI is InChI=1S/C14H11BrN2O2S/c15-9-4-5-12(11(7-9)13(16)20)17-14(19)8-2-1-3-10(18)6-8/h1-7,18H,(H2,16,20)(H,17,19). The van der Waals surface area contributed by atoms with Crippen molar-refractivity contribution in [1.29, 1.82) is 0 Å². The van der Waals surface area contributed by atoms with Gasteiger partial charge >= 0.3 is 0 Å². The average molecular weight is 351 g/mol. The van der Waals surface area contributed by atoms with Crippen LogP contribution in [0.25, 0.3) is 0 Å². The van der Waals surface area contributed by atoms with Crippen LogP contribution < -0.4 is 11.1 Å². The topological polar surface area (TPSA) is 75.3 Å². The highest BCUT2D eigenvalue weighted by molar-refractivity contribution is 9.10. The molecule has 0 bridgehead atoms. The third-order valence-corrected chi connectivity index (χ3v) is 3.32. The lowest BCUT2D eigenvalue weighted by Gasteiger charge is -2.11. The summed E-state index contributed by atoms with van der Waals surface area (Å²) in [4.78, 5) is 12.3. The SMILES string of the molecule is NC(=S)c1cc(Br)ccc1NC(=O)c1cccc(O)c1. The molecule has 102 valence electrons. The Morgan fingerprint density at radius 3 is 2.65 bits per heavy atom. The fourth-order valence-corrected chi connectivity index (χ4v) is 2.20. The highest BCUT2D eigenvalue weighted by Gasteiger charge is 2.11. The second-order valence-corrected chi connectivity index (χ2v) is 5.41. The summed E-state index contributed by atoms with van der Waals surface area (Å²) in [5.74, 6) is -0.316. The minimum absolute atomic E-state index is 0.0306. The van der Waals surface area contributed by atoms with E-state index >= 15 is 0 Å². The van der Waals surface area contributed by atoms with Gasteiger partial charge in [-0.15, -0.1) is 0 Å². The summed E-state index contributed by atoms with van der Waals surface area (Å²) in [6.45, 7) is 0. The Labute approximate surface area is 129 Å². The van der Waals surface area contributed by atoms with Crippen LogP contribution in [-0.4, -0.2) is 16.0 Å². The zero-order chi connectivity index (χ0) is 14.7. The van der Waals surface area contributed by atoms with E-state index in [-0.39, 0.29) is 16.6 Å². The quantitative estimate of drug-likeness (QED) is 0.743. The molecule has 0 aliphatic heterocycles. The van der Waals surface area contributed by atoms with E-state index in [0.717, 1.165) is 4.47 Å². The van der Waals surface area contributed by atoms with Gasteiger partial charge in [-0.05, 0) is 36.4 Å². The summed E-state index contributed by atoms with van der Waals surface area (Å²) >= 11 is 8.29. The molecule has 0 aromatic heterocycles. The van der Waals surface area contributed by atoms with E-state index in [9.17, 15) is 9.90 Å². The van der Waals surface area contributed by atoms with E-state index in [2.05, 4.69) is 21.2 Å². The van der Waals surface area contributed by atoms with Gasteiger partial charge in [0.15, 0.2) is 0 Å². The van der Waals surface area contributed by atoms with Crippen molar-refractivity contribution in [2.45, 2.75) is 0 Å². The normalized spacial score (nSPS) is 10.1. The number of aromatic hydroxyl groups is 1. The molecule has 2 aromatic rings. The van der Waals surface area contributed by atoms with E-state index in [1.165, 1.54) is 12.1 Å². The molecule has 0 spiro atoms. The third kappa shape index (κ3) is 3.34. The molecular formula is C14H11BrN2O2S. The van der Waals surface area contributed by atoms with E-state index in [4.69, 9.17) is 18.0 Å². The van der Waals surface area contributed by atoms with Crippen molar-refractivity contribution in [3.63, 3.8) is 0 Å². The number of halogens is 1. The van der Waals surface area contributed by atoms with E-state index in [0.29, 0.717) is 16.8 Å². The van der Waals surface area contributed by atoms with Crippen LogP contribution >= 0.6 is 28.1 Å². The maximum absolute atomic E-state index is 12.1. The van der Waals surface area contributed by atoms with Crippen molar-refractivity contribution in [3.8, 4) is 5.75 Å². The molecule has 2 aromatic carbocycles. The second-order valence-electron chi connectivity index (χ2n) is 4.06. The number of nitrogens with two attached hydrogens (primary N) is 1. The van der Waals surface area contributed by atoms with E-state index in [1.54, 1.807) is 30.3 Å². The number of carbonyl (C=O) groups is 1. The molecule has 0 unspecified atom stereocenters. The van der Waals surface area contributed by atoms with Crippen LogP contribution in [0.2, 0.25) is 0 Å². The van der Waals surface area contributed by atoms with Crippen molar-refractivity contribution >= 4 is 44.7 Å². The Kier molecular flexibility index (Phi) is 4.36. The van der Waals surface area contributed by atoms with Gasteiger partial charge in [-0.2, -0.15) is 0 Å². The molecule has 6 heteroatoms. The average Bonchev–Trinajstić information content (AvgIpc) is 2.40. The molecule has 0 saturated carbocycles. The number of carbonyl (C=O) groups excluding carboxylic acids is 1. The fourth-order valence-electron chi connectivity index (χ4n) is 1.67. The fraction of sp³-hybridized carbons (Fsp3) is 0. The lowest BCUT2D eigenvalue weighted by atomic mass is 10.1. The summed E-state index contributed by atoms with van der Waals surface area (Å²) < 4.78 is 0.815. The van der Waals surface area contributed by atoms with Crippen LogP contribution in [-0.2, 0) is 0 Å². The van der Waals surface area contributed by atoms with Gasteiger partial charge in [0.05, 0.1) is 5.69 Å². The maximum Gasteiger partial charge on any atom is 0.255 e. The highest BCUT2D eigenvalue weighted by atomic mass is 79.9. The number of anilines is 1. The van der Waals surface area contributed by atoms with Crippen LogP contribution in [0.15, 0.2) is 46.9 Å². The third-order valence-electron chi connectivity index (χ3n) is 2.60. The molecule has 0 aliphatic carbocycles. The van der Waals surface area contributed by atoms with Gasteiger partial charge < -0.3 is 16.2 Å². The lowest BCUT2D eigenvalue weighted by molar-refractivity contribution is 0.102. The molecule has 0 radical (unpaired) electrons.